The van der Waals surface area contributed by atoms with E-state index in [1.54, 1.807) is 40.1 Å². The van der Waals surface area contributed by atoms with Gasteiger partial charge in [-0.2, -0.15) is 0 Å². The topological polar surface area (TPSA) is 105 Å². The van der Waals surface area contributed by atoms with Crippen molar-refractivity contribution in [2.75, 3.05) is 51.7 Å². The number of likely N-dealkylation sites (N-methyl/N-ethyl adjacent to an activating group) is 1. The number of fused-ring (bicyclic) bond motifs is 1. The molecule has 1 aromatic carbocycles. The number of hydrogen-bond acceptors (Lipinski definition) is 7. The van der Waals surface area contributed by atoms with Gasteiger partial charge in [-0.25, -0.2) is 0 Å². The second-order valence-electron chi connectivity index (χ2n) is 8.13. The van der Waals surface area contributed by atoms with E-state index in [0.717, 1.165) is 0 Å². The Balaban J connectivity index is 1.76. The molecule has 1 aliphatic rings. The van der Waals surface area contributed by atoms with E-state index in [4.69, 9.17) is 16.0 Å². The second-order valence-corrected chi connectivity index (χ2v) is 8.57. The molecule has 0 N–H and O–H groups in total. The minimum Gasteiger partial charge on any atom is -0.459 e. The smallest absolute Gasteiger partial charge is 0.357 e. The zero-order valence-corrected chi connectivity index (χ0v) is 19.1. The number of benzene rings is 1. The molecule has 10 nitrogen and oxygen atoms in total. The van der Waals surface area contributed by atoms with Crippen molar-refractivity contribution in [1.82, 2.24) is 14.4 Å². The summed E-state index contributed by atoms with van der Waals surface area (Å²) in [5.74, 6) is 0.0105. The molecule has 0 bridgehead atoms. The Morgan fingerprint density at radius 3 is 2.55 bits per heavy atom. The number of anilines is 1. The number of carbonyl (C=O) groups excluding carboxylic acids is 1. The van der Waals surface area contributed by atoms with Gasteiger partial charge in [-0.1, -0.05) is 11.6 Å². The van der Waals surface area contributed by atoms with Gasteiger partial charge in [-0.15, -0.1) is 0 Å². The summed E-state index contributed by atoms with van der Waals surface area (Å²) in [5, 5.41) is 13.0. The number of hydrogen-bond donors (Lipinski definition) is 0. The van der Waals surface area contributed by atoms with Crippen molar-refractivity contribution in [1.29, 1.82) is 0 Å². The van der Waals surface area contributed by atoms with Crippen LogP contribution in [0.3, 0.4) is 0 Å². The summed E-state index contributed by atoms with van der Waals surface area (Å²) in [5.41, 5.74) is -0.301. The van der Waals surface area contributed by atoms with Crippen LogP contribution in [0.15, 0.2) is 45.8 Å². The number of furan rings is 1. The highest BCUT2D eigenvalue weighted by Gasteiger charge is 2.32. The molecule has 1 aliphatic heterocycles. The molecule has 1 amide bonds. The lowest BCUT2D eigenvalue weighted by Crippen LogP contribution is -2.49. The lowest BCUT2D eigenvalue weighted by Gasteiger charge is -2.36. The number of piperazine rings is 1. The number of halogens is 1. The van der Waals surface area contributed by atoms with Crippen molar-refractivity contribution in [3.63, 3.8) is 0 Å². The first kappa shape index (κ1) is 22.8. The van der Waals surface area contributed by atoms with Gasteiger partial charge in [0, 0.05) is 49.7 Å². The van der Waals surface area contributed by atoms with Crippen LogP contribution in [0, 0.1) is 10.1 Å². The maximum absolute atomic E-state index is 13.3. The SMILES string of the molecule is CN(C)CCn1c(=O)c([N+](=O)[O-])c(N2CCN(C(=O)c3ccco3)CC2)c2cc(Cl)ccc21. The predicted molar refractivity (Wildman–Crippen MR) is 125 cm³/mol. The summed E-state index contributed by atoms with van der Waals surface area (Å²) in [6, 6.07) is 8.30. The van der Waals surface area contributed by atoms with Crippen molar-refractivity contribution < 1.29 is 14.1 Å². The molecule has 0 atom stereocenters. The van der Waals surface area contributed by atoms with Crippen LogP contribution >= 0.6 is 11.6 Å². The second kappa shape index (κ2) is 9.24. The Bertz CT molecular complexity index is 1250. The molecule has 2 aromatic heterocycles. The Kier molecular flexibility index (Phi) is 6.39. The van der Waals surface area contributed by atoms with Crippen LogP contribution in [0.2, 0.25) is 5.02 Å². The number of rotatable bonds is 6. The highest BCUT2D eigenvalue weighted by atomic mass is 35.5. The number of carbonyl (C=O) groups is 1. The van der Waals surface area contributed by atoms with E-state index >= 15 is 0 Å². The third-order valence-electron chi connectivity index (χ3n) is 5.75. The van der Waals surface area contributed by atoms with Crippen LogP contribution in [0.4, 0.5) is 11.4 Å². The molecule has 4 rings (SSSR count). The molecular weight excluding hydrogens is 450 g/mol. The van der Waals surface area contributed by atoms with Gasteiger partial charge in [0.05, 0.1) is 16.7 Å². The van der Waals surface area contributed by atoms with Gasteiger partial charge in [0.15, 0.2) is 5.76 Å². The normalized spacial score (nSPS) is 14.3. The van der Waals surface area contributed by atoms with Gasteiger partial charge in [-0.05, 0) is 44.4 Å². The maximum Gasteiger partial charge on any atom is 0.357 e. The van der Waals surface area contributed by atoms with E-state index in [-0.39, 0.29) is 17.4 Å². The first-order valence-corrected chi connectivity index (χ1v) is 10.9. The summed E-state index contributed by atoms with van der Waals surface area (Å²) >= 11 is 6.26. The number of nitro groups is 1. The molecule has 11 heteroatoms. The van der Waals surface area contributed by atoms with Gasteiger partial charge in [-0.3, -0.25) is 19.7 Å². The number of aromatic nitrogens is 1. The maximum atomic E-state index is 13.3. The Labute approximate surface area is 194 Å². The van der Waals surface area contributed by atoms with Crippen LogP contribution in [-0.4, -0.2) is 72.0 Å². The van der Waals surface area contributed by atoms with Crippen molar-refractivity contribution in [2.45, 2.75) is 6.54 Å². The fourth-order valence-electron chi connectivity index (χ4n) is 4.10. The molecule has 0 radical (unpaired) electrons. The first-order chi connectivity index (χ1) is 15.8. The van der Waals surface area contributed by atoms with E-state index in [1.807, 2.05) is 19.0 Å². The Morgan fingerprint density at radius 1 is 1.21 bits per heavy atom. The first-order valence-electron chi connectivity index (χ1n) is 10.5. The lowest BCUT2D eigenvalue weighted by atomic mass is 10.1. The number of pyridine rings is 1. The van der Waals surface area contributed by atoms with E-state index in [2.05, 4.69) is 0 Å². The molecule has 174 valence electrons. The molecule has 0 unspecified atom stereocenters. The Hall–Kier alpha value is -3.37. The van der Waals surface area contributed by atoms with E-state index < -0.39 is 16.2 Å². The zero-order chi connectivity index (χ0) is 23.7. The van der Waals surface area contributed by atoms with Crippen LogP contribution in [0.1, 0.15) is 10.6 Å². The molecule has 3 aromatic rings. The average Bonchev–Trinajstić information content (AvgIpc) is 3.32. The summed E-state index contributed by atoms with van der Waals surface area (Å²) in [7, 11) is 3.74. The molecular formula is C22H24ClN5O5. The van der Waals surface area contributed by atoms with E-state index in [1.165, 1.54) is 10.8 Å². The molecule has 1 fully saturated rings. The zero-order valence-electron chi connectivity index (χ0n) is 18.4. The van der Waals surface area contributed by atoms with Crippen molar-refractivity contribution >= 4 is 39.8 Å². The Morgan fingerprint density at radius 2 is 1.94 bits per heavy atom. The highest BCUT2D eigenvalue weighted by Crippen LogP contribution is 2.35. The molecule has 1 saturated heterocycles. The summed E-state index contributed by atoms with van der Waals surface area (Å²) in [6.45, 7) is 2.18. The average molecular weight is 474 g/mol. The third-order valence-corrected chi connectivity index (χ3v) is 5.98. The van der Waals surface area contributed by atoms with Gasteiger partial charge < -0.3 is 23.7 Å². The van der Waals surface area contributed by atoms with Crippen LogP contribution in [-0.2, 0) is 6.54 Å². The molecule has 0 saturated carbocycles. The van der Waals surface area contributed by atoms with Crippen LogP contribution < -0.4 is 10.5 Å². The fraction of sp³-hybridized carbons (Fsp3) is 0.364. The lowest BCUT2D eigenvalue weighted by molar-refractivity contribution is -0.385. The quantitative estimate of drug-likeness (QED) is 0.400. The fourth-order valence-corrected chi connectivity index (χ4v) is 4.27. The van der Waals surface area contributed by atoms with Crippen molar-refractivity contribution in [3.8, 4) is 0 Å². The number of amides is 1. The minimum atomic E-state index is -0.652. The van der Waals surface area contributed by atoms with Crippen LogP contribution in [0.25, 0.3) is 10.9 Å². The standard InChI is InChI=1S/C22H24ClN5O5/c1-24(2)7-12-27-17-6-5-15(23)14-16(17)19(20(22(27)30)28(31)32)25-8-10-26(11-9-25)21(29)18-4-3-13-33-18/h3-6,13-14H,7-12H2,1-2H3. The molecule has 3 heterocycles. The third kappa shape index (κ3) is 4.44. The van der Waals surface area contributed by atoms with Gasteiger partial charge in [0.25, 0.3) is 5.91 Å². The van der Waals surface area contributed by atoms with E-state index in [0.29, 0.717) is 55.2 Å². The summed E-state index contributed by atoms with van der Waals surface area (Å²) < 4.78 is 6.63. The largest absolute Gasteiger partial charge is 0.459 e. The van der Waals surface area contributed by atoms with Crippen molar-refractivity contribution in [3.05, 3.63) is 67.8 Å². The van der Waals surface area contributed by atoms with Gasteiger partial charge in [0.2, 0.25) is 0 Å². The molecule has 0 spiro atoms. The monoisotopic (exact) mass is 473 g/mol. The summed E-state index contributed by atoms with van der Waals surface area (Å²) in [6.07, 6.45) is 1.44. The summed E-state index contributed by atoms with van der Waals surface area (Å²) in [4.78, 5) is 42.7. The van der Waals surface area contributed by atoms with E-state index in [9.17, 15) is 19.7 Å². The molecule has 33 heavy (non-hydrogen) atoms. The van der Waals surface area contributed by atoms with Crippen molar-refractivity contribution in [2.24, 2.45) is 0 Å². The van der Waals surface area contributed by atoms with Gasteiger partial charge in [0.1, 0.15) is 5.69 Å². The van der Waals surface area contributed by atoms with Gasteiger partial charge >= 0.3 is 11.2 Å². The van der Waals surface area contributed by atoms with Crippen LogP contribution in [0.5, 0.6) is 0 Å². The number of nitrogens with zero attached hydrogens (tertiary/aromatic N) is 5. The minimum absolute atomic E-state index is 0.235. The predicted octanol–water partition coefficient (Wildman–Crippen LogP) is 2.68. The molecule has 0 aliphatic carbocycles. The highest BCUT2D eigenvalue weighted by molar-refractivity contribution is 6.31.